The summed E-state index contributed by atoms with van der Waals surface area (Å²) in [6.45, 7) is 10.8. The molecule has 1 aliphatic rings. The van der Waals surface area contributed by atoms with Gasteiger partial charge in [-0.1, -0.05) is 11.6 Å². The number of amides is 1. The quantitative estimate of drug-likeness (QED) is 0.902. The number of halogens is 1. The molecular formula is C15H25ClN4O2. The molecule has 6 nitrogen and oxygen atoms in total. The van der Waals surface area contributed by atoms with Crippen LogP contribution in [-0.4, -0.2) is 68.9 Å². The van der Waals surface area contributed by atoms with Gasteiger partial charge >= 0.3 is 0 Å². The number of nitrogens with zero attached hydrogens (tertiary/aromatic N) is 4. The van der Waals surface area contributed by atoms with E-state index in [0.29, 0.717) is 24.7 Å². The number of rotatable bonds is 4. The lowest BCUT2D eigenvalue weighted by Crippen LogP contribution is -2.56. The molecule has 0 spiro atoms. The van der Waals surface area contributed by atoms with Crippen LogP contribution in [0.15, 0.2) is 12.4 Å². The third-order valence-electron chi connectivity index (χ3n) is 3.92. The summed E-state index contributed by atoms with van der Waals surface area (Å²) in [5.41, 5.74) is -1.47. The average Bonchev–Trinajstić information content (AvgIpc) is 2.84. The fourth-order valence-corrected chi connectivity index (χ4v) is 2.88. The first-order chi connectivity index (χ1) is 10.1. The monoisotopic (exact) mass is 328 g/mol. The number of carbonyl (C=O) groups is 1. The first-order valence-corrected chi connectivity index (χ1v) is 7.92. The second kappa shape index (κ2) is 6.18. The highest BCUT2D eigenvalue weighted by atomic mass is 35.5. The summed E-state index contributed by atoms with van der Waals surface area (Å²) < 4.78 is 1.61. The number of aliphatic hydroxyl groups is 1. The summed E-state index contributed by atoms with van der Waals surface area (Å²) >= 11 is 5.90. The van der Waals surface area contributed by atoms with Crippen LogP contribution < -0.4 is 0 Å². The second-order valence-corrected chi connectivity index (χ2v) is 7.48. The van der Waals surface area contributed by atoms with Crippen molar-refractivity contribution in [1.82, 2.24) is 19.6 Å². The van der Waals surface area contributed by atoms with Gasteiger partial charge in [0.2, 0.25) is 5.91 Å². The molecule has 124 valence electrons. The lowest BCUT2D eigenvalue weighted by atomic mass is 10.0. The largest absolute Gasteiger partial charge is 0.389 e. The summed E-state index contributed by atoms with van der Waals surface area (Å²) in [7, 11) is 0. The van der Waals surface area contributed by atoms with Crippen molar-refractivity contribution in [2.45, 2.75) is 38.8 Å². The fraction of sp³-hybridized carbons (Fsp3) is 0.733. The van der Waals surface area contributed by atoms with Crippen molar-refractivity contribution in [3.05, 3.63) is 17.4 Å². The van der Waals surface area contributed by atoms with Gasteiger partial charge in [0, 0.05) is 38.9 Å². The Morgan fingerprint density at radius 1 is 1.27 bits per heavy atom. The van der Waals surface area contributed by atoms with E-state index in [1.165, 1.54) is 6.20 Å². The Morgan fingerprint density at radius 3 is 2.32 bits per heavy atom. The van der Waals surface area contributed by atoms with Crippen LogP contribution in [0.5, 0.6) is 0 Å². The second-order valence-electron chi connectivity index (χ2n) is 7.04. The molecule has 7 heteroatoms. The molecule has 1 aromatic heterocycles. The van der Waals surface area contributed by atoms with E-state index >= 15 is 0 Å². The topological polar surface area (TPSA) is 61.6 Å². The third-order valence-corrected chi connectivity index (χ3v) is 4.11. The number of carbonyl (C=O) groups excluding carboxylic acids is 1. The lowest BCUT2D eigenvalue weighted by Gasteiger charge is -2.40. The summed E-state index contributed by atoms with van der Waals surface area (Å²) in [5.74, 6) is 0.0372. The molecule has 0 aliphatic carbocycles. The average molecular weight is 329 g/mol. The van der Waals surface area contributed by atoms with Crippen molar-refractivity contribution in [2.24, 2.45) is 0 Å². The maximum atomic E-state index is 12.8. The Labute approximate surface area is 136 Å². The van der Waals surface area contributed by atoms with Crippen molar-refractivity contribution in [3.8, 4) is 0 Å². The molecule has 2 heterocycles. The van der Waals surface area contributed by atoms with E-state index in [-0.39, 0.29) is 5.91 Å². The molecule has 1 aromatic rings. The summed E-state index contributed by atoms with van der Waals surface area (Å²) in [5, 5.41) is 14.6. The number of hydrogen-bond donors (Lipinski definition) is 1. The highest BCUT2D eigenvalue weighted by Crippen LogP contribution is 2.21. The van der Waals surface area contributed by atoms with E-state index in [9.17, 15) is 9.90 Å². The van der Waals surface area contributed by atoms with Gasteiger partial charge in [-0.25, -0.2) is 0 Å². The zero-order chi connectivity index (χ0) is 16.5. The van der Waals surface area contributed by atoms with Crippen LogP contribution in [0.25, 0.3) is 0 Å². The third kappa shape index (κ3) is 4.00. The molecule has 1 N–H and O–H groups in total. The van der Waals surface area contributed by atoms with Crippen LogP contribution in [0.1, 0.15) is 27.7 Å². The van der Waals surface area contributed by atoms with Crippen molar-refractivity contribution in [2.75, 3.05) is 32.7 Å². The minimum atomic E-state index is -0.758. The first kappa shape index (κ1) is 17.2. The Kier molecular flexibility index (Phi) is 4.84. The van der Waals surface area contributed by atoms with Gasteiger partial charge in [0.1, 0.15) is 5.54 Å². The summed E-state index contributed by atoms with van der Waals surface area (Å²) in [4.78, 5) is 16.8. The molecule has 0 unspecified atom stereocenters. The molecule has 1 saturated heterocycles. The van der Waals surface area contributed by atoms with Gasteiger partial charge in [-0.05, 0) is 27.7 Å². The predicted molar refractivity (Wildman–Crippen MR) is 85.9 cm³/mol. The first-order valence-electron chi connectivity index (χ1n) is 7.54. The number of aromatic nitrogens is 2. The molecule has 22 heavy (non-hydrogen) atoms. The van der Waals surface area contributed by atoms with Gasteiger partial charge in [-0.2, -0.15) is 5.10 Å². The van der Waals surface area contributed by atoms with E-state index in [2.05, 4.69) is 10.00 Å². The van der Waals surface area contributed by atoms with Gasteiger partial charge in [0.15, 0.2) is 0 Å². The molecule has 2 rings (SSSR count). The molecule has 1 amide bonds. The maximum Gasteiger partial charge on any atom is 0.250 e. The molecule has 0 aromatic carbocycles. The van der Waals surface area contributed by atoms with Crippen LogP contribution in [-0.2, 0) is 10.3 Å². The Bertz CT molecular complexity index is 528. The zero-order valence-electron chi connectivity index (χ0n) is 13.7. The predicted octanol–water partition coefficient (Wildman–Crippen LogP) is 1.19. The lowest BCUT2D eigenvalue weighted by molar-refractivity contribution is -0.141. The standard InChI is InChI=1S/C15H25ClN4O2/c1-14(2,22)11-18-5-7-19(8-6-18)13(21)15(3,4)20-10-12(16)9-17-20/h9-10,22H,5-8,11H2,1-4H3. The van der Waals surface area contributed by atoms with Crippen molar-refractivity contribution in [1.29, 1.82) is 0 Å². The SMILES string of the molecule is CC(C)(O)CN1CCN(C(=O)C(C)(C)n2cc(Cl)cn2)CC1. The van der Waals surface area contributed by atoms with E-state index in [0.717, 1.165) is 13.1 Å². The molecule has 1 fully saturated rings. The van der Waals surface area contributed by atoms with E-state index in [1.807, 2.05) is 18.7 Å². The van der Waals surface area contributed by atoms with E-state index < -0.39 is 11.1 Å². The summed E-state index contributed by atoms with van der Waals surface area (Å²) in [6, 6.07) is 0. The van der Waals surface area contributed by atoms with Gasteiger partial charge in [-0.3, -0.25) is 14.4 Å². The Balaban J connectivity index is 1.97. The van der Waals surface area contributed by atoms with Crippen molar-refractivity contribution in [3.63, 3.8) is 0 Å². The van der Waals surface area contributed by atoms with Gasteiger partial charge in [0.05, 0.1) is 16.8 Å². The molecular weight excluding hydrogens is 304 g/mol. The molecule has 0 bridgehead atoms. The van der Waals surface area contributed by atoms with Gasteiger partial charge < -0.3 is 10.0 Å². The molecule has 1 aliphatic heterocycles. The van der Waals surface area contributed by atoms with Crippen LogP contribution in [0.3, 0.4) is 0 Å². The van der Waals surface area contributed by atoms with E-state index in [1.54, 1.807) is 24.7 Å². The van der Waals surface area contributed by atoms with Crippen molar-refractivity contribution >= 4 is 17.5 Å². The van der Waals surface area contributed by atoms with Crippen LogP contribution in [0, 0.1) is 0 Å². The van der Waals surface area contributed by atoms with Crippen LogP contribution in [0.4, 0.5) is 0 Å². The van der Waals surface area contributed by atoms with E-state index in [4.69, 9.17) is 11.6 Å². The number of β-amino-alcohol motifs (C(OH)–C–C–N with tert-alkyl or cyclic N) is 1. The molecule has 0 saturated carbocycles. The Morgan fingerprint density at radius 2 is 1.86 bits per heavy atom. The Hall–Kier alpha value is -1.11. The normalized spacial score (nSPS) is 17.8. The fourth-order valence-electron chi connectivity index (χ4n) is 2.75. The smallest absolute Gasteiger partial charge is 0.250 e. The number of hydrogen-bond acceptors (Lipinski definition) is 4. The van der Waals surface area contributed by atoms with Gasteiger partial charge in [0.25, 0.3) is 0 Å². The maximum absolute atomic E-state index is 12.8. The van der Waals surface area contributed by atoms with Gasteiger partial charge in [-0.15, -0.1) is 0 Å². The number of piperazine rings is 1. The van der Waals surface area contributed by atoms with Crippen LogP contribution in [0.2, 0.25) is 5.02 Å². The zero-order valence-corrected chi connectivity index (χ0v) is 14.5. The summed E-state index contributed by atoms with van der Waals surface area (Å²) in [6.07, 6.45) is 3.21. The minimum Gasteiger partial charge on any atom is -0.389 e. The highest BCUT2D eigenvalue weighted by Gasteiger charge is 2.36. The molecule has 0 radical (unpaired) electrons. The highest BCUT2D eigenvalue weighted by molar-refractivity contribution is 6.30. The van der Waals surface area contributed by atoms with Crippen LogP contribution >= 0.6 is 11.6 Å². The minimum absolute atomic E-state index is 0.0372. The molecule has 0 atom stereocenters. The van der Waals surface area contributed by atoms with Crippen molar-refractivity contribution < 1.29 is 9.90 Å².